The van der Waals surface area contributed by atoms with Crippen LogP contribution in [0.25, 0.3) is 10.9 Å². The van der Waals surface area contributed by atoms with Crippen LogP contribution in [0.3, 0.4) is 0 Å². The van der Waals surface area contributed by atoms with Crippen LogP contribution in [-0.4, -0.2) is 28.0 Å². The van der Waals surface area contributed by atoms with E-state index < -0.39 is 5.91 Å². The van der Waals surface area contributed by atoms with E-state index in [-0.39, 0.29) is 6.42 Å². The molecule has 25 heavy (non-hydrogen) atoms. The van der Waals surface area contributed by atoms with Gasteiger partial charge in [-0.15, -0.1) is 0 Å². The lowest BCUT2D eigenvalue weighted by atomic mass is 10.1. The molecule has 2 aromatic heterocycles. The van der Waals surface area contributed by atoms with Crippen molar-refractivity contribution in [3.8, 4) is 23.3 Å². The monoisotopic (exact) mass is 335 g/mol. The van der Waals surface area contributed by atoms with Crippen LogP contribution in [0.5, 0.6) is 17.2 Å². The number of methoxy groups -OCH3 is 1. The van der Waals surface area contributed by atoms with Crippen molar-refractivity contribution in [3.05, 3.63) is 48.2 Å². The SMILES string of the molecule is COc1cc2nccc(Oc3cnc(CC(N)=O)nc3)c2cc1C#N. The smallest absolute Gasteiger partial charge is 0.225 e. The van der Waals surface area contributed by atoms with E-state index in [1.807, 2.05) is 0 Å². The topological polar surface area (TPSA) is 124 Å². The molecule has 1 aromatic carbocycles. The van der Waals surface area contributed by atoms with E-state index in [2.05, 4.69) is 21.0 Å². The molecule has 0 aliphatic heterocycles. The molecule has 2 N–H and O–H groups in total. The standard InChI is InChI=1S/C17H13N5O3/c1-24-15-5-13-12(4-10(15)7-18)14(2-3-20-13)25-11-8-21-17(22-9-11)6-16(19)23/h2-5,8-9H,6H2,1H3,(H2,19,23). The van der Waals surface area contributed by atoms with Crippen molar-refractivity contribution in [2.24, 2.45) is 5.73 Å². The van der Waals surface area contributed by atoms with E-state index in [1.165, 1.54) is 19.5 Å². The minimum absolute atomic E-state index is 0.0379. The molecule has 2 heterocycles. The number of hydrogen-bond acceptors (Lipinski definition) is 7. The number of nitrogens with two attached hydrogens (primary N) is 1. The zero-order valence-corrected chi connectivity index (χ0v) is 13.3. The Morgan fingerprint density at radius 2 is 2.00 bits per heavy atom. The van der Waals surface area contributed by atoms with Crippen molar-refractivity contribution in [2.45, 2.75) is 6.42 Å². The Labute approximate surface area is 142 Å². The number of fused-ring (bicyclic) bond motifs is 1. The lowest BCUT2D eigenvalue weighted by Crippen LogP contribution is -2.15. The Hall–Kier alpha value is -3.73. The molecule has 1 amide bonds. The minimum atomic E-state index is -0.508. The third-order valence-electron chi connectivity index (χ3n) is 3.39. The number of carbonyl (C=O) groups excluding carboxylic acids is 1. The van der Waals surface area contributed by atoms with Gasteiger partial charge in [0, 0.05) is 17.6 Å². The molecular weight excluding hydrogens is 322 g/mol. The fourth-order valence-electron chi connectivity index (χ4n) is 2.26. The summed E-state index contributed by atoms with van der Waals surface area (Å²) >= 11 is 0. The molecule has 8 nitrogen and oxygen atoms in total. The highest BCUT2D eigenvalue weighted by Crippen LogP contribution is 2.32. The molecule has 0 aliphatic rings. The number of rotatable bonds is 5. The predicted molar refractivity (Wildman–Crippen MR) is 88.0 cm³/mol. The zero-order valence-electron chi connectivity index (χ0n) is 13.3. The van der Waals surface area contributed by atoms with E-state index >= 15 is 0 Å². The molecule has 0 spiro atoms. The number of carbonyl (C=O) groups is 1. The molecule has 0 saturated heterocycles. The molecule has 0 fully saturated rings. The first-order chi connectivity index (χ1) is 12.1. The van der Waals surface area contributed by atoms with Crippen molar-refractivity contribution >= 4 is 16.8 Å². The van der Waals surface area contributed by atoms with Crippen molar-refractivity contribution in [1.29, 1.82) is 5.26 Å². The number of hydrogen-bond donors (Lipinski definition) is 1. The number of benzene rings is 1. The average molecular weight is 335 g/mol. The van der Waals surface area contributed by atoms with Crippen LogP contribution < -0.4 is 15.2 Å². The van der Waals surface area contributed by atoms with Crippen LogP contribution in [0.15, 0.2) is 36.8 Å². The van der Waals surface area contributed by atoms with Gasteiger partial charge in [0.25, 0.3) is 0 Å². The van der Waals surface area contributed by atoms with Gasteiger partial charge in [0.05, 0.1) is 37.0 Å². The number of ether oxygens (including phenoxy) is 2. The summed E-state index contributed by atoms with van der Waals surface area (Å²) in [5.74, 6) is 1.13. The number of amides is 1. The molecule has 0 unspecified atom stereocenters. The van der Waals surface area contributed by atoms with Gasteiger partial charge in [0.2, 0.25) is 5.91 Å². The number of primary amides is 1. The highest BCUT2D eigenvalue weighted by molar-refractivity contribution is 5.88. The summed E-state index contributed by atoms with van der Waals surface area (Å²) in [6, 6.07) is 7.08. The maximum atomic E-state index is 10.9. The third-order valence-corrected chi connectivity index (χ3v) is 3.39. The summed E-state index contributed by atoms with van der Waals surface area (Å²) < 4.78 is 11.0. The van der Waals surface area contributed by atoms with Crippen LogP contribution in [0.2, 0.25) is 0 Å². The Kier molecular flexibility index (Phi) is 4.39. The Balaban J connectivity index is 1.96. The molecule has 0 bridgehead atoms. The van der Waals surface area contributed by atoms with Gasteiger partial charge < -0.3 is 15.2 Å². The van der Waals surface area contributed by atoms with Gasteiger partial charge >= 0.3 is 0 Å². The highest BCUT2D eigenvalue weighted by Gasteiger charge is 2.11. The van der Waals surface area contributed by atoms with Crippen molar-refractivity contribution in [3.63, 3.8) is 0 Å². The third kappa shape index (κ3) is 3.45. The van der Waals surface area contributed by atoms with Crippen molar-refractivity contribution in [1.82, 2.24) is 15.0 Å². The number of nitriles is 1. The first-order valence-electron chi connectivity index (χ1n) is 7.24. The maximum absolute atomic E-state index is 10.9. The van der Waals surface area contributed by atoms with Crippen LogP contribution in [0, 0.1) is 11.3 Å². The van der Waals surface area contributed by atoms with Crippen LogP contribution in [-0.2, 0) is 11.2 Å². The van der Waals surface area contributed by atoms with Crippen molar-refractivity contribution in [2.75, 3.05) is 7.11 Å². The van der Waals surface area contributed by atoms with E-state index in [9.17, 15) is 10.1 Å². The normalized spacial score (nSPS) is 10.2. The molecular formula is C17H13N5O3. The summed E-state index contributed by atoms with van der Waals surface area (Å²) in [4.78, 5) is 23.2. The molecule has 3 aromatic rings. The number of pyridine rings is 1. The second-order valence-corrected chi connectivity index (χ2v) is 5.07. The first-order valence-corrected chi connectivity index (χ1v) is 7.24. The summed E-state index contributed by atoms with van der Waals surface area (Å²) in [7, 11) is 1.49. The lowest BCUT2D eigenvalue weighted by Gasteiger charge is -2.10. The van der Waals surface area contributed by atoms with Crippen LogP contribution in [0.4, 0.5) is 0 Å². The lowest BCUT2D eigenvalue weighted by molar-refractivity contribution is -0.117. The summed E-state index contributed by atoms with van der Waals surface area (Å²) in [5.41, 5.74) is 6.11. The van der Waals surface area contributed by atoms with E-state index in [1.54, 1.807) is 24.4 Å². The quantitative estimate of drug-likeness (QED) is 0.752. The fraction of sp³-hybridized carbons (Fsp3) is 0.118. The highest BCUT2D eigenvalue weighted by atomic mass is 16.5. The number of aromatic nitrogens is 3. The van der Waals surface area contributed by atoms with Crippen LogP contribution in [0.1, 0.15) is 11.4 Å². The van der Waals surface area contributed by atoms with Gasteiger partial charge in [-0.2, -0.15) is 5.26 Å². The van der Waals surface area contributed by atoms with Gasteiger partial charge in [0.1, 0.15) is 23.4 Å². The van der Waals surface area contributed by atoms with Gasteiger partial charge in [-0.1, -0.05) is 0 Å². The Morgan fingerprint density at radius 1 is 1.24 bits per heavy atom. The first kappa shape index (κ1) is 16.1. The fourth-order valence-corrected chi connectivity index (χ4v) is 2.26. The van der Waals surface area contributed by atoms with Gasteiger partial charge in [0.15, 0.2) is 5.75 Å². The molecule has 3 rings (SSSR count). The van der Waals surface area contributed by atoms with E-state index in [0.717, 1.165) is 0 Å². The molecule has 0 aliphatic carbocycles. The largest absolute Gasteiger partial charge is 0.495 e. The Bertz CT molecular complexity index is 980. The maximum Gasteiger partial charge on any atom is 0.225 e. The second kappa shape index (κ2) is 6.80. The second-order valence-electron chi connectivity index (χ2n) is 5.07. The molecule has 8 heteroatoms. The average Bonchev–Trinajstić information content (AvgIpc) is 2.62. The van der Waals surface area contributed by atoms with Crippen molar-refractivity contribution < 1.29 is 14.3 Å². The molecule has 0 radical (unpaired) electrons. The van der Waals surface area contributed by atoms with Gasteiger partial charge in [-0.05, 0) is 12.1 Å². The molecule has 0 saturated carbocycles. The van der Waals surface area contributed by atoms with E-state index in [4.69, 9.17) is 15.2 Å². The zero-order chi connectivity index (χ0) is 17.8. The van der Waals surface area contributed by atoms with E-state index in [0.29, 0.717) is 39.5 Å². The summed E-state index contributed by atoms with van der Waals surface area (Å²) in [5, 5.41) is 9.90. The van der Waals surface area contributed by atoms with Gasteiger partial charge in [-0.25, -0.2) is 9.97 Å². The molecule has 124 valence electrons. The number of nitrogens with zero attached hydrogens (tertiary/aromatic N) is 4. The molecule has 0 atom stereocenters. The Morgan fingerprint density at radius 3 is 2.64 bits per heavy atom. The predicted octanol–water partition coefficient (Wildman–Crippen LogP) is 1.73. The summed E-state index contributed by atoms with van der Waals surface area (Å²) in [6.45, 7) is 0. The van der Waals surface area contributed by atoms with Crippen LogP contribution >= 0.6 is 0 Å². The van der Waals surface area contributed by atoms with Gasteiger partial charge in [-0.3, -0.25) is 9.78 Å². The minimum Gasteiger partial charge on any atom is -0.495 e. The summed E-state index contributed by atoms with van der Waals surface area (Å²) in [6.07, 6.45) is 4.45.